The number of benzene rings is 3. The molecule has 0 fully saturated rings. The highest BCUT2D eigenvalue weighted by molar-refractivity contribution is 5.68. The van der Waals surface area contributed by atoms with Crippen molar-refractivity contribution in [1.29, 1.82) is 5.26 Å². The largest absolute Gasteiger partial charge is 0.494 e. The van der Waals surface area contributed by atoms with Crippen LogP contribution in [0.4, 0.5) is 15.8 Å². The zero-order valence-corrected chi connectivity index (χ0v) is 19.9. The zero-order chi connectivity index (χ0) is 24.8. The maximum Gasteiger partial charge on any atom is 0.214 e. The number of anilines is 2. The fourth-order valence-corrected chi connectivity index (χ4v) is 3.64. The van der Waals surface area contributed by atoms with Gasteiger partial charge < -0.3 is 18.8 Å². The SMILES string of the molecule is CCOc1cc(OC(C)C)c(F)c(N(Cc2nc(-c3ccccc3)co2)c2ccc(C#N)cc2)c1. The predicted molar refractivity (Wildman–Crippen MR) is 132 cm³/mol. The first-order chi connectivity index (χ1) is 17.0. The molecular formula is C28H26FN3O3. The minimum atomic E-state index is -0.527. The number of rotatable bonds is 9. The molecule has 0 saturated heterocycles. The van der Waals surface area contributed by atoms with Crippen molar-refractivity contribution in [2.75, 3.05) is 11.5 Å². The Kier molecular flexibility index (Phi) is 7.32. The van der Waals surface area contributed by atoms with Gasteiger partial charge in [-0.1, -0.05) is 30.3 Å². The molecule has 0 bridgehead atoms. The summed E-state index contributed by atoms with van der Waals surface area (Å²) in [5.74, 6) is 0.453. The molecule has 0 aliphatic heterocycles. The first kappa shape index (κ1) is 23.8. The van der Waals surface area contributed by atoms with E-state index in [2.05, 4.69) is 11.1 Å². The van der Waals surface area contributed by atoms with Crippen LogP contribution in [0.15, 0.2) is 77.4 Å². The minimum Gasteiger partial charge on any atom is -0.494 e. The van der Waals surface area contributed by atoms with Crippen LogP contribution >= 0.6 is 0 Å². The van der Waals surface area contributed by atoms with Gasteiger partial charge in [-0.25, -0.2) is 9.37 Å². The van der Waals surface area contributed by atoms with Gasteiger partial charge in [0.25, 0.3) is 0 Å². The van der Waals surface area contributed by atoms with Gasteiger partial charge in [0.15, 0.2) is 11.6 Å². The van der Waals surface area contributed by atoms with E-state index in [1.165, 1.54) is 0 Å². The fraction of sp³-hybridized carbons (Fsp3) is 0.214. The van der Waals surface area contributed by atoms with Gasteiger partial charge in [0.05, 0.1) is 36.6 Å². The molecule has 0 saturated carbocycles. The van der Waals surface area contributed by atoms with Crippen molar-refractivity contribution < 1.29 is 18.3 Å². The third-order valence-electron chi connectivity index (χ3n) is 5.18. The Balaban J connectivity index is 1.79. The van der Waals surface area contributed by atoms with E-state index in [0.29, 0.717) is 35.2 Å². The Morgan fingerprint density at radius 1 is 1.09 bits per heavy atom. The van der Waals surface area contributed by atoms with Crippen molar-refractivity contribution in [2.24, 2.45) is 0 Å². The Labute approximate surface area is 204 Å². The number of halogens is 1. The molecule has 7 heteroatoms. The van der Waals surface area contributed by atoms with E-state index in [1.807, 2.05) is 51.1 Å². The van der Waals surface area contributed by atoms with Gasteiger partial charge in [-0.05, 0) is 45.0 Å². The summed E-state index contributed by atoms with van der Waals surface area (Å²) in [7, 11) is 0. The first-order valence-electron chi connectivity index (χ1n) is 11.4. The smallest absolute Gasteiger partial charge is 0.214 e. The lowest BCUT2D eigenvalue weighted by atomic mass is 10.1. The van der Waals surface area contributed by atoms with Gasteiger partial charge in [-0.3, -0.25) is 0 Å². The van der Waals surface area contributed by atoms with Gasteiger partial charge in [-0.15, -0.1) is 0 Å². The number of ether oxygens (including phenoxy) is 2. The Hall–Kier alpha value is -4.31. The summed E-state index contributed by atoms with van der Waals surface area (Å²) in [6, 6.07) is 21.9. The van der Waals surface area contributed by atoms with Crippen LogP contribution in [-0.4, -0.2) is 17.7 Å². The van der Waals surface area contributed by atoms with Crippen LogP contribution in [0.2, 0.25) is 0 Å². The second kappa shape index (κ2) is 10.7. The molecule has 6 nitrogen and oxygen atoms in total. The predicted octanol–water partition coefficient (Wildman–Crippen LogP) is 6.88. The van der Waals surface area contributed by atoms with E-state index in [-0.39, 0.29) is 24.1 Å². The molecule has 178 valence electrons. The molecule has 0 spiro atoms. The average Bonchev–Trinajstić information content (AvgIpc) is 3.34. The molecule has 3 aromatic carbocycles. The molecule has 0 atom stereocenters. The molecule has 1 heterocycles. The molecule has 0 radical (unpaired) electrons. The van der Waals surface area contributed by atoms with E-state index in [4.69, 9.17) is 13.9 Å². The fourth-order valence-electron chi connectivity index (χ4n) is 3.64. The number of hydrogen-bond donors (Lipinski definition) is 0. The molecule has 4 rings (SSSR count). The first-order valence-corrected chi connectivity index (χ1v) is 11.4. The standard InChI is InChI=1S/C28H26FN3O3/c1-4-33-23-14-25(28(29)26(15-23)35-19(2)3)32(22-12-10-20(16-30)11-13-22)17-27-31-24(18-34-27)21-8-6-5-7-9-21/h5-15,18-19H,4,17H2,1-3H3. The van der Waals surface area contributed by atoms with E-state index in [0.717, 1.165) is 5.56 Å². The topological polar surface area (TPSA) is 71.5 Å². The van der Waals surface area contributed by atoms with E-state index >= 15 is 4.39 Å². The van der Waals surface area contributed by atoms with Crippen molar-refractivity contribution in [3.8, 4) is 28.8 Å². The van der Waals surface area contributed by atoms with Crippen LogP contribution in [0, 0.1) is 17.1 Å². The summed E-state index contributed by atoms with van der Waals surface area (Å²) < 4.78 is 33.0. The number of nitriles is 1. The Bertz CT molecular complexity index is 1310. The molecule has 35 heavy (non-hydrogen) atoms. The van der Waals surface area contributed by atoms with Gasteiger partial charge in [0.2, 0.25) is 5.89 Å². The molecule has 4 aromatic rings. The lowest BCUT2D eigenvalue weighted by Crippen LogP contribution is -2.19. The summed E-state index contributed by atoms with van der Waals surface area (Å²) in [4.78, 5) is 6.35. The summed E-state index contributed by atoms with van der Waals surface area (Å²) in [6.45, 7) is 6.10. The number of aromatic nitrogens is 1. The van der Waals surface area contributed by atoms with Crippen LogP contribution in [0.3, 0.4) is 0 Å². The normalized spacial score (nSPS) is 10.7. The second-order valence-corrected chi connectivity index (χ2v) is 8.09. The maximum atomic E-state index is 15.8. The summed E-state index contributed by atoms with van der Waals surface area (Å²) in [6.07, 6.45) is 1.36. The van der Waals surface area contributed by atoms with Gasteiger partial charge in [-0.2, -0.15) is 5.26 Å². The molecule has 0 unspecified atom stereocenters. The number of oxazole rings is 1. The lowest BCUT2D eigenvalue weighted by Gasteiger charge is -2.26. The van der Waals surface area contributed by atoms with Crippen molar-refractivity contribution in [2.45, 2.75) is 33.4 Å². The summed E-state index contributed by atoms with van der Waals surface area (Å²) >= 11 is 0. The van der Waals surface area contributed by atoms with Crippen LogP contribution < -0.4 is 14.4 Å². The van der Waals surface area contributed by atoms with Gasteiger partial charge in [0.1, 0.15) is 17.7 Å². The van der Waals surface area contributed by atoms with Crippen molar-refractivity contribution in [3.63, 3.8) is 0 Å². The van der Waals surface area contributed by atoms with Crippen LogP contribution in [-0.2, 0) is 6.54 Å². The van der Waals surface area contributed by atoms with Gasteiger partial charge >= 0.3 is 0 Å². The molecular weight excluding hydrogens is 445 g/mol. The zero-order valence-electron chi connectivity index (χ0n) is 19.9. The Morgan fingerprint density at radius 2 is 1.83 bits per heavy atom. The quantitative estimate of drug-likeness (QED) is 0.265. The molecule has 1 aromatic heterocycles. The molecule has 0 aliphatic rings. The second-order valence-electron chi connectivity index (χ2n) is 8.09. The Morgan fingerprint density at radius 3 is 2.49 bits per heavy atom. The molecule has 0 amide bonds. The summed E-state index contributed by atoms with van der Waals surface area (Å²) in [5.41, 5.74) is 3.02. The monoisotopic (exact) mass is 471 g/mol. The highest BCUT2D eigenvalue weighted by atomic mass is 19.1. The van der Waals surface area contributed by atoms with E-state index in [1.54, 1.807) is 47.6 Å². The van der Waals surface area contributed by atoms with Gasteiger partial charge in [0, 0.05) is 23.4 Å². The number of nitrogens with zero attached hydrogens (tertiary/aromatic N) is 3. The van der Waals surface area contributed by atoms with Crippen molar-refractivity contribution in [1.82, 2.24) is 4.98 Å². The van der Waals surface area contributed by atoms with E-state index < -0.39 is 5.82 Å². The molecule has 0 N–H and O–H groups in total. The third-order valence-corrected chi connectivity index (χ3v) is 5.18. The lowest BCUT2D eigenvalue weighted by molar-refractivity contribution is 0.229. The highest BCUT2D eigenvalue weighted by Crippen LogP contribution is 2.38. The van der Waals surface area contributed by atoms with Crippen LogP contribution in [0.25, 0.3) is 11.3 Å². The van der Waals surface area contributed by atoms with Crippen molar-refractivity contribution >= 4 is 11.4 Å². The van der Waals surface area contributed by atoms with Crippen LogP contribution in [0.1, 0.15) is 32.2 Å². The minimum absolute atomic E-state index is 0.0944. The van der Waals surface area contributed by atoms with E-state index in [9.17, 15) is 5.26 Å². The van der Waals surface area contributed by atoms with Crippen LogP contribution in [0.5, 0.6) is 11.5 Å². The third kappa shape index (κ3) is 5.61. The van der Waals surface area contributed by atoms with Crippen molar-refractivity contribution in [3.05, 3.63) is 90.3 Å². The summed E-state index contributed by atoms with van der Waals surface area (Å²) in [5, 5.41) is 9.21. The maximum absolute atomic E-state index is 15.8. The highest BCUT2D eigenvalue weighted by Gasteiger charge is 2.23. The molecule has 0 aliphatic carbocycles. The number of hydrogen-bond acceptors (Lipinski definition) is 6. The average molecular weight is 472 g/mol.